The molecule has 0 fully saturated rings. The molecule has 0 atom stereocenters. The van der Waals surface area contributed by atoms with Gasteiger partial charge in [-0.1, -0.05) is 17.4 Å². The summed E-state index contributed by atoms with van der Waals surface area (Å²) in [4.78, 5) is 13.0. The largest absolute Gasteiger partial charge is 0.462 e. The Labute approximate surface area is 134 Å². The molecule has 114 valence electrons. The number of nitrogens with one attached hydrogen (secondary N) is 1. The number of hydrogen-bond acceptors (Lipinski definition) is 8. The first-order valence-electron chi connectivity index (χ1n) is 6.52. The predicted octanol–water partition coefficient (Wildman–Crippen LogP) is 2.92. The third-order valence-electron chi connectivity index (χ3n) is 2.82. The number of nitrogens with zero attached hydrogens (tertiary/aromatic N) is 4. The maximum absolute atomic E-state index is 11.9. The summed E-state index contributed by atoms with van der Waals surface area (Å²) in [5.74, 6) is 0.119. The second-order valence-electron chi connectivity index (χ2n) is 4.27. The number of esters is 1. The molecular weight excluding hydrogens is 322 g/mol. The van der Waals surface area contributed by atoms with Crippen LogP contribution in [0, 0.1) is 0 Å². The van der Waals surface area contributed by atoms with Gasteiger partial charge in [0.1, 0.15) is 11.4 Å². The summed E-state index contributed by atoms with van der Waals surface area (Å²) < 4.78 is 6.59. The minimum Gasteiger partial charge on any atom is -0.462 e. The summed E-state index contributed by atoms with van der Waals surface area (Å²) >= 11 is 3.02. The van der Waals surface area contributed by atoms with E-state index >= 15 is 0 Å². The summed E-state index contributed by atoms with van der Waals surface area (Å²) in [7, 11) is 1.74. The molecule has 0 aliphatic heterocycles. The van der Waals surface area contributed by atoms with Crippen molar-refractivity contribution in [2.75, 3.05) is 11.9 Å². The highest BCUT2D eigenvalue weighted by molar-refractivity contribution is 7.22. The first kappa shape index (κ1) is 14.7. The molecule has 3 rings (SSSR count). The Morgan fingerprint density at radius 1 is 1.45 bits per heavy atom. The molecule has 3 aromatic heterocycles. The van der Waals surface area contributed by atoms with Crippen molar-refractivity contribution in [3.05, 3.63) is 29.3 Å². The van der Waals surface area contributed by atoms with E-state index in [0.29, 0.717) is 23.1 Å². The van der Waals surface area contributed by atoms with Crippen LogP contribution in [0.5, 0.6) is 0 Å². The van der Waals surface area contributed by atoms with E-state index in [9.17, 15) is 4.79 Å². The molecule has 0 spiro atoms. The predicted molar refractivity (Wildman–Crippen MR) is 85.7 cm³/mol. The highest BCUT2D eigenvalue weighted by atomic mass is 32.1. The Morgan fingerprint density at radius 2 is 2.32 bits per heavy atom. The number of aryl methyl sites for hydroxylation is 1. The quantitative estimate of drug-likeness (QED) is 0.722. The van der Waals surface area contributed by atoms with Gasteiger partial charge in [-0.15, -0.1) is 21.5 Å². The Bertz CT molecular complexity index is 778. The van der Waals surface area contributed by atoms with Crippen LogP contribution in [0.1, 0.15) is 17.3 Å². The number of carbonyl (C=O) groups is 1. The molecule has 9 heteroatoms. The van der Waals surface area contributed by atoms with Crippen molar-refractivity contribution in [1.82, 2.24) is 20.0 Å². The van der Waals surface area contributed by atoms with Gasteiger partial charge in [0.05, 0.1) is 17.7 Å². The summed E-state index contributed by atoms with van der Waals surface area (Å²) in [5, 5.41) is 18.8. The monoisotopic (exact) mass is 335 g/mol. The van der Waals surface area contributed by atoms with Crippen molar-refractivity contribution < 1.29 is 9.53 Å². The fraction of sp³-hybridized carbons (Fsp3) is 0.231. The van der Waals surface area contributed by atoms with E-state index in [0.717, 1.165) is 9.88 Å². The lowest BCUT2D eigenvalue weighted by Gasteiger charge is -2.05. The number of ether oxygens (including phenoxy) is 1. The number of thiophene rings is 1. The fourth-order valence-electron chi connectivity index (χ4n) is 1.82. The van der Waals surface area contributed by atoms with Crippen molar-refractivity contribution in [2.45, 2.75) is 6.92 Å². The average molecular weight is 335 g/mol. The Balaban J connectivity index is 1.84. The molecular formula is C13H13N5O2S2. The molecule has 0 aliphatic carbocycles. The van der Waals surface area contributed by atoms with E-state index in [-0.39, 0.29) is 0 Å². The molecule has 1 N–H and O–H groups in total. The van der Waals surface area contributed by atoms with Gasteiger partial charge >= 0.3 is 5.97 Å². The zero-order valence-corrected chi connectivity index (χ0v) is 13.6. The standard InChI is InChI=1S/C13H13N5O2S2/c1-3-20-12(19)8-7-14-18(2)10(8)15-13-17-16-11(22-13)9-5-4-6-21-9/h4-7H,3H2,1-2H3,(H,15,17). The van der Waals surface area contributed by atoms with Crippen LogP contribution < -0.4 is 5.32 Å². The summed E-state index contributed by atoms with van der Waals surface area (Å²) in [5.41, 5.74) is 0.372. The van der Waals surface area contributed by atoms with Crippen LogP contribution in [0.25, 0.3) is 9.88 Å². The van der Waals surface area contributed by atoms with Crippen LogP contribution in [0.4, 0.5) is 10.9 Å². The van der Waals surface area contributed by atoms with Gasteiger partial charge in [-0.25, -0.2) is 4.79 Å². The van der Waals surface area contributed by atoms with Gasteiger partial charge in [-0.05, 0) is 18.4 Å². The molecule has 3 aromatic rings. The molecule has 7 nitrogen and oxygen atoms in total. The molecule has 0 saturated heterocycles. The van der Waals surface area contributed by atoms with Gasteiger partial charge < -0.3 is 10.1 Å². The van der Waals surface area contributed by atoms with Crippen molar-refractivity contribution in [2.24, 2.45) is 7.05 Å². The van der Waals surface area contributed by atoms with E-state index < -0.39 is 5.97 Å². The molecule has 0 unspecified atom stereocenters. The second-order valence-corrected chi connectivity index (χ2v) is 6.19. The van der Waals surface area contributed by atoms with Gasteiger partial charge in [-0.3, -0.25) is 4.68 Å². The average Bonchev–Trinajstić information content (AvgIpc) is 3.22. The normalized spacial score (nSPS) is 10.6. The van der Waals surface area contributed by atoms with Crippen LogP contribution in [0.15, 0.2) is 23.7 Å². The number of rotatable bonds is 5. The van der Waals surface area contributed by atoms with E-state index in [1.807, 2.05) is 17.5 Å². The highest BCUT2D eigenvalue weighted by Crippen LogP contribution is 2.31. The summed E-state index contributed by atoms with van der Waals surface area (Å²) in [6.45, 7) is 2.08. The lowest BCUT2D eigenvalue weighted by molar-refractivity contribution is 0.0527. The van der Waals surface area contributed by atoms with E-state index in [4.69, 9.17) is 4.74 Å². The van der Waals surface area contributed by atoms with Gasteiger partial charge in [0.15, 0.2) is 5.01 Å². The highest BCUT2D eigenvalue weighted by Gasteiger charge is 2.19. The molecule has 0 saturated carbocycles. The lowest BCUT2D eigenvalue weighted by Crippen LogP contribution is -2.08. The minimum absolute atomic E-state index is 0.314. The maximum Gasteiger partial charge on any atom is 0.343 e. The first-order valence-corrected chi connectivity index (χ1v) is 8.22. The Morgan fingerprint density at radius 3 is 3.05 bits per heavy atom. The van der Waals surface area contributed by atoms with Gasteiger partial charge in [0.2, 0.25) is 5.13 Å². The maximum atomic E-state index is 11.9. The molecule has 0 radical (unpaired) electrons. The Hall–Kier alpha value is -2.26. The third-order valence-corrected chi connectivity index (χ3v) is 4.69. The first-order chi connectivity index (χ1) is 10.7. The van der Waals surface area contributed by atoms with Crippen LogP contribution in [-0.4, -0.2) is 32.6 Å². The minimum atomic E-state index is -0.416. The van der Waals surface area contributed by atoms with Crippen molar-refractivity contribution in [3.8, 4) is 9.88 Å². The van der Waals surface area contributed by atoms with Crippen molar-refractivity contribution in [3.63, 3.8) is 0 Å². The number of hydrogen-bond donors (Lipinski definition) is 1. The molecule has 22 heavy (non-hydrogen) atoms. The lowest BCUT2D eigenvalue weighted by atomic mass is 10.3. The van der Waals surface area contributed by atoms with Crippen LogP contribution in [-0.2, 0) is 11.8 Å². The zero-order valence-electron chi connectivity index (χ0n) is 11.9. The smallest absolute Gasteiger partial charge is 0.343 e. The van der Waals surface area contributed by atoms with E-state index in [1.165, 1.54) is 17.5 Å². The molecule has 0 bridgehead atoms. The topological polar surface area (TPSA) is 81.9 Å². The molecule has 0 amide bonds. The van der Waals surface area contributed by atoms with Crippen LogP contribution in [0.2, 0.25) is 0 Å². The van der Waals surface area contributed by atoms with Gasteiger partial charge in [0, 0.05) is 7.05 Å². The third kappa shape index (κ3) is 2.85. The second kappa shape index (κ2) is 6.24. The van der Waals surface area contributed by atoms with E-state index in [2.05, 4.69) is 20.6 Å². The fourth-order valence-corrected chi connectivity index (χ4v) is 3.35. The molecule has 0 aliphatic rings. The number of anilines is 2. The summed E-state index contributed by atoms with van der Waals surface area (Å²) in [6.07, 6.45) is 1.47. The Kier molecular flexibility index (Phi) is 4.16. The van der Waals surface area contributed by atoms with Crippen molar-refractivity contribution in [1.29, 1.82) is 0 Å². The molecule has 0 aromatic carbocycles. The number of aromatic nitrogens is 4. The zero-order chi connectivity index (χ0) is 15.5. The van der Waals surface area contributed by atoms with Crippen molar-refractivity contribution >= 4 is 39.6 Å². The summed E-state index contributed by atoms with van der Waals surface area (Å²) in [6, 6.07) is 3.96. The molecule has 3 heterocycles. The van der Waals surface area contributed by atoms with E-state index in [1.54, 1.807) is 30.0 Å². The van der Waals surface area contributed by atoms with Crippen LogP contribution in [0.3, 0.4) is 0 Å². The van der Waals surface area contributed by atoms with Crippen LogP contribution >= 0.6 is 22.7 Å². The SMILES string of the molecule is CCOC(=O)c1cnn(C)c1Nc1nnc(-c2cccs2)s1. The van der Waals surface area contributed by atoms with Gasteiger partial charge in [0.25, 0.3) is 0 Å². The van der Waals surface area contributed by atoms with Gasteiger partial charge in [-0.2, -0.15) is 5.10 Å². The number of carbonyl (C=O) groups excluding carboxylic acids is 1.